The van der Waals surface area contributed by atoms with Crippen molar-refractivity contribution in [3.05, 3.63) is 89.7 Å². The molecule has 0 bridgehead atoms. The molecule has 2 aromatic carbocycles. The van der Waals surface area contributed by atoms with Crippen LogP contribution in [0.5, 0.6) is 5.75 Å². The number of benzene rings is 2. The molecule has 3 fully saturated rings. The van der Waals surface area contributed by atoms with Crippen molar-refractivity contribution in [3.8, 4) is 5.75 Å². The van der Waals surface area contributed by atoms with Crippen molar-refractivity contribution >= 4 is 52.9 Å². The van der Waals surface area contributed by atoms with Gasteiger partial charge in [-0.15, -0.1) is 0 Å². The van der Waals surface area contributed by atoms with Crippen LogP contribution in [-0.2, 0) is 44.7 Å². The number of carbonyl (C=O) groups excluding carboxylic acids is 8. The molecule has 4 heterocycles. The Labute approximate surface area is 369 Å². The van der Waals surface area contributed by atoms with E-state index in [2.05, 4.69) is 20.9 Å². The van der Waals surface area contributed by atoms with E-state index in [1.54, 1.807) is 25.1 Å². The average Bonchev–Trinajstić information content (AvgIpc) is 3.80. The van der Waals surface area contributed by atoms with Gasteiger partial charge in [-0.3, -0.25) is 33.6 Å². The summed E-state index contributed by atoms with van der Waals surface area (Å²) < 4.78 is 29.5. The molecule has 0 aliphatic carbocycles. The van der Waals surface area contributed by atoms with Crippen molar-refractivity contribution in [3.63, 3.8) is 0 Å². The number of aromatic hydroxyl groups is 1. The number of esters is 1. The summed E-state index contributed by atoms with van der Waals surface area (Å²) in [6, 6.07) is 5.03. The lowest BCUT2D eigenvalue weighted by Crippen LogP contribution is -2.61. The number of fused-ring (bicyclic) bond motifs is 2. The molecule has 4 N–H and O–H groups in total. The number of hydrogen-bond acceptors (Lipinski definition) is 12. The summed E-state index contributed by atoms with van der Waals surface area (Å²) in [4.78, 5) is 123. The summed E-state index contributed by atoms with van der Waals surface area (Å²) in [7, 11) is 5.19. The minimum absolute atomic E-state index is 0.00139. The van der Waals surface area contributed by atoms with Crippen molar-refractivity contribution in [2.24, 2.45) is 0 Å². The van der Waals surface area contributed by atoms with E-state index in [0.29, 0.717) is 12.0 Å². The predicted octanol–water partition coefficient (Wildman–Crippen LogP) is 1.27. The van der Waals surface area contributed by atoms with Crippen LogP contribution in [0.2, 0.25) is 0 Å². The van der Waals surface area contributed by atoms with Gasteiger partial charge in [-0.2, -0.15) is 0 Å². The van der Waals surface area contributed by atoms with E-state index in [9.17, 15) is 43.5 Å². The third-order valence-electron chi connectivity index (χ3n) is 11.7. The van der Waals surface area contributed by atoms with E-state index < -0.39 is 120 Å². The van der Waals surface area contributed by atoms with Gasteiger partial charge in [0.2, 0.25) is 29.5 Å². The van der Waals surface area contributed by atoms with Gasteiger partial charge in [0.1, 0.15) is 47.8 Å². The Morgan fingerprint density at radius 2 is 1.63 bits per heavy atom. The number of ketones is 1. The summed E-state index contributed by atoms with van der Waals surface area (Å²) in [6.45, 7) is 2.79. The third kappa shape index (κ3) is 10.3. The number of carbonyl (C=O) groups is 8. The van der Waals surface area contributed by atoms with Crippen molar-refractivity contribution in [2.45, 2.75) is 94.7 Å². The van der Waals surface area contributed by atoms with Crippen LogP contribution in [0.3, 0.4) is 0 Å². The Morgan fingerprint density at radius 1 is 0.937 bits per heavy atom. The van der Waals surface area contributed by atoms with Gasteiger partial charge in [0, 0.05) is 65.4 Å². The number of nitrogens with one attached hydrogen (secondary N) is 3. The summed E-state index contributed by atoms with van der Waals surface area (Å²) >= 11 is 0. The Bertz CT molecular complexity index is 2390. The molecule has 0 spiro atoms. The molecule has 3 aliphatic heterocycles. The fraction of sp³-hybridized carbons (Fsp3) is 0.444. The number of aromatic nitrogens is 1. The van der Waals surface area contributed by atoms with E-state index in [0.717, 1.165) is 5.69 Å². The van der Waals surface area contributed by atoms with Gasteiger partial charge in [-0.1, -0.05) is 49.4 Å². The maximum Gasteiger partial charge on any atom is 0.333 e. The normalized spacial score (nSPS) is 26.1. The number of ether oxygens (including phenoxy) is 1. The zero-order valence-corrected chi connectivity index (χ0v) is 35.8. The molecule has 18 heteroatoms. The molecule has 6 rings (SSSR count). The van der Waals surface area contributed by atoms with Crippen LogP contribution in [0.1, 0.15) is 77.7 Å². The molecule has 0 radical (unpaired) electrons. The summed E-state index contributed by atoms with van der Waals surface area (Å²) in [6.07, 6.45) is -2.31. The number of Topliss-reactive ketones (excluding diaryl/α,β-unsaturated/α-hetero) is 1. The lowest BCUT2D eigenvalue weighted by Gasteiger charge is -2.40. The monoisotopic (exact) mass is 869 g/mol. The van der Waals surface area contributed by atoms with Crippen molar-refractivity contribution in [2.75, 3.05) is 39.1 Å². The quantitative estimate of drug-likeness (QED) is 0.246. The smallest absolute Gasteiger partial charge is 0.333 e. The highest BCUT2D eigenvalue weighted by atomic mass is 16.5. The predicted molar refractivity (Wildman–Crippen MR) is 228 cm³/mol. The minimum atomic E-state index is -1.86. The van der Waals surface area contributed by atoms with Crippen LogP contribution in [0.25, 0.3) is 0 Å². The van der Waals surface area contributed by atoms with Crippen LogP contribution in [-0.4, -0.2) is 143 Å². The number of cyclic esters (lactones) is 1. The van der Waals surface area contributed by atoms with Crippen molar-refractivity contribution in [1.29, 1.82) is 0 Å². The number of hydrogen-bond donors (Lipinski definition) is 4. The molecule has 3 aromatic rings. The van der Waals surface area contributed by atoms with Crippen LogP contribution in [0.15, 0.2) is 72.9 Å². The first-order valence-electron chi connectivity index (χ1n) is 22.3. The van der Waals surface area contributed by atoms with E-state index in [1.807, 2.05) is 43.3 Å². The average molecular weight is 870 g/mol. The Morgan fingerprint density at radius 3 is 2.32 bits per heavy atom. The lowest BCUT2D eigenvalue weighted by molar-refractivity contribution is -0.156. The van der Waals surface area contributed by atoms with Gasteiger partial charge in [-0.25, -0.2) is 9.78 Å². The molecule has 0 unspecified atom stereocenters. The Hall–Kier alpha value is -6.85. The molecule has 334 valence electrons. The van der Waals surface area contributed by atoms with Crippen LogP contribution < -0.4 is 20.9 Å². The fourth-order valence-corrected chi connectivity index (χ4v) is 8.07. The second kappa shape index (κ2) is 19.9. The number of rotatable bonds is 7. The molecule has 18 nitrogen and oxygen atoms in total. The van der Waals surface area contributed by atoms with Gasteiger partial charge >= 0.3 is 5.97 Å². The SMILES string of the molecule is [2H]c1nc(C(=O)N[C@H]2C(=O)N[C@@H](CC)C(=O)N3CCC[C@@H]3C(=O)N(C)[C@H](Cc3ccc(N(C)C)cc3)C(=O)N3CCC(=O)C[C@@H]3C(=O)N[C@H](c3ccccc3)C(=O)O[C@H]2C)c(O)c([2H])c1[2H]. The van der Waals surface area contributed by atoms with Gasteiger partial charge in [0.25, 0.3) is 5.91 Å². The second-order valence-corrected chi connectivity index (χ2v) is 16.0. The van der Waals surface area contributed by atoms with Gasteiger partial charge in [-0.05, 0) is 61.5 Å². The maximum absolute atomic E-state index is 15.0. The summed E-state index contributed by atoms with van der Waals surface area (Å²) in [5.41, 5.74) is 0.889. The van der Waals surface area contributed by atoms with Crippen molar-refractivity contribution < 1.29 is 52.3 Å². The number of amides is 6. The van der Waals surface area contributed by atoms with E-state index in [4.69, 9.17) is 8.85 Å². The highest BCUT2D eigenvalue weighted by molar-refractivity contribution is 6.01. The standard InChI is InChI=1S/C45H54N8O10/c1-6-31-42(59)52-22-11-14-32(52)43(60)51(5)34(24-27-16-18-29(19-17-27)50(3)4)44(61)53-23-20-30(54)25-33(53)39(56)49-37(28-12-8-7-9-13-28)45(62)63-26(2)36(40(57)47-31)48-41(58)38-35(55)15-10-21-46-38/h7-10,12-13,15-19,21,26,31-34,36-37,55H,6,11,14,20,22-25H2,1-5H3,(H,47,57)(H,48,58)(H,49,56)/t26-,31-,32+,33+,34+,36+,37+/m0/s1/i10D,15D,21D. The largest absolute Gasteiger partial charge is 0.505 e. The number of piperidine rings is 1. The summed E-state index contributed by atoms with van der Waals surface area (Å²) in [5.74, 6) is -7.64. The molecular formula is C45H54N8O10. The van der Waals surface area contributed by atoms with E-state index in [-0.39, 0.29) is 50.1 Å². The molecule has 63 heavy (non-hydrogen) atoms. The number of nitrogens with zero attached hydrogens (tertiary/aromatic N) is 5. The molecule has 3 saturated heterocycles. The molecule has 7 atom stereocenters. The molecule has 0 saturated carbocycles. The first-order chi connectivity index (χ1) is 31.3. The minimum Gasteiger partial charge on any atom is -0.505 e. The number of anilines is 1. The Kier molecular flexibility index (Phi) is 13.1. The van der Waals surface area contributed by atoms with Crippen LogP contribution in [0, 0.1) is 0 Å². The van der Waals surface area contributed by atoms with Gasteiger partial charge < -0.3 is 45.4 Å². The fourth-order valence-electron chi connectivity index (χ4n) is 8.07. The van der Waals surface area contributed by atoms with E-state index >= 15 is 0 Å². The highest BCUT2D eigenvalue weighted by Gasteiger charge is 2.45. The third-order valence-corrected chi connectivity index (χ3v) is 11.7. The first-order valence-corrected chi connectivity index (χ1v) is 20.8. The van der Waals surface area contributed by atoms with Crippen LogP contribution >= 0.6 is 0 Å². The van der Waals surface area contributed by atoms with E-state index in [1.165, 1.54) is 40.8 Å². The highest BCUT2D eigenvalue weighted by Crippen LogP contribution is 2.27. The zero-order chi connectivity index (χ0) is 48.1. The number of likely N-dealkylation sites (N-methyl/N-ethyl adjacent to an activating group) is 1. The lowest BCUT2D eigenvalue weighted by atomic mass is 9.95. The van der Waals surface area contributed by atoms with Crippen molar-refractivity contribution in [1.82, 2.24) is 35.6 Å². The van der Waals surface area contributed by atoms with Gasteiger partial charge in [0.05, 0.1) is 4.11 Å². The molecule has 1 aromatic heterocycles. The second-order valence-electron chi connectivity index (χ2n) is 16.0. The molecular weight excluding hydrogens is 813 g/mol. The maximum atomic E-state index is 15.0. The first kappa shape index (κ1) is 41.5. The van der Waals surface area contributed by atoms with Crippen LogP contribution in [0.4, 0.5) is 5.69 Å². The summed E-state index contributed by atoms with van der Waals surface area (Å²) in [5, 5.41) is 18.2. The van der Waals surface area contributed by atoms with Gasteiger partial charge in [0.15, 0.2) is 11.7 Å². The Balaban J connectivity index is 1.44. The molecule has 3 aliphatic rings. The molecule has 6 amide bonds. The topological polar surface area (TPSA) is 228 Å². The zero-order valence-electron chi connectivity index (χ0n) is 38.8. The number of pyridine rings is 1.